The molecule has 1 unspecified atom stereocenters. The second kappa shape index (κ2) is 5.21. The van der Waals surface area contributed by atoms with E-state index in [9.17, 15) is 4.79 Å². The lowest BCUT2D eigenvalue weighted by Gasteiger charge is -2.21. The summed E-state index contributed by atoms with van der Waals surface area (Å²) in [7, 11) is 0. The first-order valence-electron chi connectivity index (χ1n) is 6.13. The molecule has 0 saturated carbocycles. The van der Waals surface area contributed by atoms with Gasteiger partial charge in [-0.1, -0.05) is 13.8 Å². The Morgan fingerprint density at radius 3 is 2.84 bits per heavy atom. The van der Waals surface area contributed by atoms with Crippen LogP contribution in [-0.2, 0) is 4.79 Å². The Morgan fingerprint density at radius 1 is 1.47 bits per heavy atom. The molecule has 0 amide bonds. The molecule has 0 spiro atoms. The van der Waals surface area contributed by atoms with Crippen molar-refractivity contribution in [3.8, 4) is 0 Å². The van der Waals surface area contributed by atoms with Crippen LogP contribution in [0.5, 0.6) is 0 Å². The van der Waals surface area contributed by atoms with Gasteiger partial charge in [-0.15, -0.1) is 10.2 Å². The molecule has 19 heavy (non-hydrogen) atoms. The molecular weight excluding hydrogens is 246 g/mol. The highest BCUT2D eigenvalue weighted by Gasteiger charge is 2.19. The predicted octanol–water partition coefficient (Wildman–Crippen LogP) is 1.34. The van der Waals surface area contributed by atoms with Crippen molar-refractivity contribution in [2.24, 2.45) is 5.92 Å². The topological polar surface area (TPSA) is 92.4 Å². The van der Waals surface area contributed by atoms with Gasteiger partial charge in [0.2, 0.25) is 5.65 Å². The molecule has 2 N–H and O–H groups in total. The number of aliphatic carboxylic acids is 1. The summed E-state index contributed by atoms with van der Waals surface area (Å²) in [4.78, 5) is 15.1. The third kappa shape index (κ3) is 2.81. The molecule has 7 heteroatoms. The summed E-state index contributed by atoms with van der Waals surface area (Å²) in [6, 6.07) is -0.201. The molecule has 2 aromatic rings. The van der Waals surface area contributed by atoms with Crippen molar-refractivity contribution in [3.05, 3.63) is 18.2 Å². The normalized spacial score (nSPS) is 12.8. The third-order valence-electron chi connectivity index (χ3n) is 3.02. The van der Waals surface area contributed by atoms with Crippen LogP contribution in [0.3, 0.4) is 0 Å². The number of carboxylic acid groups (broad SMARTS) is 1. The molecule has 0 radical (unpaired) electrons. The van der Waals surface area contributed by atoms with E-state index in [0.29, 0.717) is 11.5 Å². The van der Waals surface area contributed by atoms with E-state index < -0.39 is 5.97 Å². The highest BCUT2D eigenvalue weighted by atomic mass is 16.4. The highest BCUT2D eigenvalue weighted by Crippen LogP contribution is 2.17. The van der Waals surface area contributed by atoms with Crippen LogP contribution in [0.1, 0.15) is 26.1 Å². The molecule has 0 aliphatic rings. The maximum absolute atomic E-state index is 10.9. The van der Waals surface area contributed by atoms with Crippen molar-refractivity contribution in [1.29, 1.82) is 0 Å². The molecule has 0 saturated heterocycles. The van der Waals surface area contributed by atoms with Crippen molar-refractivity contribution < 1.29 is 9.90 Å². The number of nitrogens with zero attached hydrogens (tertiary/aromatic N) is 4. The quantitative estimate of drug-likeness (QED) is 0.845. The highest BCUT2D eigenvalue weighted by molar-refractivity contribution is 5.69. The molecule has 102 valence electrons. The van der Waals surface area contributed by atoms with Gasteiger partial charge in [0.1, 0.15) is 5.82 Å². The monoisotopic (exact) mass is 263 g/mol. The number of fused-ring (bicyclic) bond motifs is 1. The van der Waals surface area contributed by atoms with Gasteiger partial charge >= 0.3 is 5.97 Å². The molecule has 0 bridgehead atoms. The third-order valence-corrected chi connectivity index (χ3v) is 3.02. The Bertz CT molecular complexity index is 593. The summed E-state index contributed by atoms with van der Waals surface area (Å²) in [6.07, 6.45) is 3.45. The Kier molecular flexibility index (Phi) is 3.64. The maximum atomic E-state index is 10.9. The van der Waals surface area contributed by atoms with Crippen LogP contribution in [0, 0.1) is 12.8 Å². The minimum atomic E-state index is -0.837. The molecule has 2 heterocycles. The van der Waals surface area contributed by atoms with Crippen LogP contribution in [-0.4, -0.2) is 36.7 Å². The lowest BCUT2D eigenvalue weighted by atomic mass is 10.0. The summed E-state index contributed by atoms with van der Waals surface area (Å²) >= 11 is 0. The fourth-order valence-corrected chi connectivity index (χ4v) is 1.86. The first kappa shape index (κ1) is 13.3. The number of hydrogen-bond acceptors (Lipinski definition) is 5. The summed E-state index contributed by atoms with van der Waals surface area (Å²) in [5.41, 5.74) is 0.607. The van der Waals surface area contributed by atoms with Crippen LogP contribution >= 0.6 is 0 Å². The van der Waals surface area contributed by atoms with Gasteiger partial charge in [0.05, 0.1) is 6.42 Å². The summed E-state index contributed by atoms with van der Waals surface area (Å²) in [5, 5.41) is 20.1. The van der Waals surface area contributed by atoms with Gasteiger partial charge in [0.15, 0.2) is 5.82 Å². The van der Waals surface area contributed by atoms with Crippen molar-refractivity contribution in [2.45, 2.75) is 33.2 Å². The fourth-order valence-electron chi connectivity index (χ4n) is 1.86. The number of anilines is 1. The maximum Gasteiger partial charge on any atom is 0.305 e. The van der Waals surface area contributed by atoms with Gasteiger partial charge in [0, 0.05) is 18.4 Å². The lowest BCUT2D eigenvalue weighted by molar-refractivity contribution is -0.137. The van der Waals surface area contributed by atoms with Gasteiger partial charge in [0.25, 0.3) is 0 Å². The van der Waals surface area contributed by atoms with Crippen molar-refractivity contribution in [2.75, 3.05) is 5.32 Å². The number of carboxylic acids is 1. The molecule has 0 aliphatic carbocycles. The zero-order valence-electron chi connectivity index (χ0n) is 11.2. The van der Waals surface area contributed by atoms with E-state index in [-0.39, 0.29) is 18.4 Å². The van der Waals surface area contributed by atoms with Crippen LogP contribution in [0.15, 0.2) is 12.4 Å². The standard InChI is InChI=1S/C12H17N5O2/c1-7(2)9(6-10(18)19)14-11-12-16-15-8(3)17(12)5-4-13-11/h4-5,7,9H,6H2,1-3H3,(H,13,14)(H,18,19). The van der Waals surface area contributed by atoms with Gasteiger partial charge in [-0.25, -0.2) is 4.98 Å². The number of hydrogen-bond donors (Lipinski definition) is 2. The summed E-state index contributed by atoms with van der Waals surface area (Å²) in [6.45, 7) is 5.78. The molecule has 2 aromatic heterocycles. The molecule has 0 fully saturated rings. The van der Waals surface area contributed by atoms with E-state index >= 15 is 0 Å². The van der Waals surface area contributed by atoms with E-state index in [0.717, 1.165) is 5.82 Å². The molecular formula is C12H17N5O2. The van der Waals surface area contributed by atoms with Crippen molar-refractivity contribution >= 4 is 17.4 Å². The van der Waals surface area contributed by atoms with Crippen LogP contribution in [0.4, 0.5) is 5.82 Å². The van der Waals surface area contributed by atoms with E-state index in [1.165, 1.54) is 0 Å². The van der Waals surface area contributed by atoms with Gasteiger partial charge in [-0.3, -0.25) is 9.20 Å². The van der Waals surface area contributed by atoms with Crippen LogP contribution in [0.25, 0.3) is 5.65 Å². The van der Waals surface area contributed by atoms with Gasteiger partial charge in [-0.2, -0.15) is 0 Å². The van der Waals surface area contributed by atoms with Crippen molar-refractivity contribution in [3.63, 3.8) is 0 Å². The predicted molar refractivity (Wildman–Crippen MR) is 70.0 cm³/mol. The molecule has 1 atom stereocenters. The van der Waals surface area contributed by atoms with Crippen LogP contribution in [0.2, 0.25) is 0 Å². The SMILES string of the molecule is Cc1nnc2c(NC(CC(=O)O)C(C)C)nccn12. The average Bonchev–Trinajstić information content (AvgIpc) is 2.71. The molecule has 2 rings (SSSR count). The van der Waals surface area contributed by atoms with Crippen LogP contribution < -0.4 is 5.32 Å². The zero-order chi connectivity index (χ0) is 14.0. The number of aromatic nitrogens is 4. The Morgan fingerprint density at radius 2 is 2.21 bits per heavy atom. The van der Waals surface area contributed by atoms with Crippen molar-refractivity contribution in [1.82, 2.24) is 19.6 Å². The Balaban J connectivity index is 2.31. The largest absolute Gasteiger partial charge is 0.481 e. The Hall–Kier alpha value is -2.18. The fraction of sp³-hybridized carbons (Fsp3) is 0.500. The minimum Gasteiger partial charge on any atom is -0.481 e. The molecule has 0 aliphatic heterocycles. The Labute approximate surface area is 110 Å². The summed E-state index contributed by atoms with van der Waals surface area (Å²) < 4.78 is 1.81. The zero-order valence-corrected chi connectivity index (χ0v) is 11.2. The van der Waals surface area contributed by atoms with E-state index in [1.54, 1.807) is 12.4 Å². The number of nitrogens with one attached hydrogen (secondary N) is 1. The van der Waals surface area contributed by atoms with Gasteiger partial charge in [-0.05, 0) is 12.8 Å². The second-order valence-corrected chi connectivity index (χ2v) is 4.81. The number of rotatable bonds is 5. The number of aryl methyl sites for hydroxylation is 1. The first-order chi connectivity index (χ1) is 8.99. The smallest absolute Gasteiger partial charge is 0.305 e. The first-order valence-corrected chi connectivity index (χ1v) is 6.13. The van der Waals surface area contributed by atoms with Gasteiger partial charge < -0.3 is 10.4 Å². The van der Waals surface area contributed by atoms with E-state index in [4.69, 9.17) is 5.11 Å². The van der Waals surface area contributed by atoms with E-state index in [1.807, 2.05) is 25.2 Å². The second-order valence-electron chi connectivity index (χ2n) is 4.81. The summed E-state index contributed by atoms with van der Waals surface area (Å²) in [5.74, 6) is 0.654. The number of carbonyl (C=O) groups is 1. The minimum absolute atomic E-state index is 0.0352. The molecule has 0 aromatic carbocycles. The average molecular weight is 263 g/mol. The molecule has 7 nitrogen and oxygen atoms in total. The lowest BCUT2D eigenvalue weighted by Crippen LogP contribution is -2.29. The van der Waals surface area contributed by atoms with E-state index in [2.05, 4.69) is 20.5 Å².